The summed E-state index contributed by atoms with van der Waals surface area (Å²) in [5.41, 5.74) is 6.21. The van der Waals surface area contributed by atoms with Crippen molar-refractivity contribution in [2.24, 2.45) is 17.6 Å². The van der Waals surface area contributed by atoms with E-state index in [4.69, 9.17) is 10.5 Å². The van der Waals surface area contributed by atoms with Crippen molar-refractivity contribution in [3.05, 3.63) is 0 Å². The molecule has 1 rings (SSSR count). The van der Waals surface area contributed by atoms with E-state index in [9.17, 15) is 0 Å². The maximum Gasteiger partial charge on any atom is 0.0589 e. The fraction of sp³-hybridized carbons (Fsp3) is 1.00. The highest BCUT2D eigenvalue weighted by molar-refractivity contribution is 4.83. The minimum atomic E-state index is 0.410. The predicted octanol–water partition coefficient (Wildman–Crippen LogP) is 1.72. The summed E-state index contributed by atoms with van der Waals surface area (Å²) < 4.78 is 5.14. The number of nitrogens with zero attached hydrogens (tertiary/aromatic N) is 1. The second kappa shape index (κ2) is 7.25. The molecule has 2 N–H and O–H groups in total. The fourth-order valence-corrected chi connectivity index (χ4v) is 2.66. The van der Waals surface area contributed by atoms with Gasteiger partial charge in [0.2, 0.25) is 0 Å². The molecule has 0 radical (unpaired) electrons. The van der Waals surface area contributed by atoms with Crippen molar-refractivity contribution in [3.8, 4) is 0 Å². The maximum absolute atomic E-state index is 6.21. The van der Waals surface area contributed by atoms with Gasteiger partial charge in [-0.1, -0.05) is 13.8 Å². The lowest BCUT2D eigenvalue weighted by atomic mass is 9.79. The third kappa shape index (κ3) is 4.40. The van der Waals surface area contributed by atoms with Gasteiger partial charge in [0.05, 0.1) is 6.61 Å². The average molecular weight is 228 g/mol. The summed E-state index contributed by atoms with van der Waals surface area (Å²) in [6.45, 7) is 8.67. The van der Waals surface area contributed by atoms with Crippen LogP contribution in [0.25, 0.3) is 0 Å². The number of ether oxygens (including phenoxy) is 1. The van der Waals surface area contributed by atoms with E-state index in [2.05, 4.69) is 18.7 Å². The number of hydrogen-bond donors (Lipinski definition) is 1. The number of rotatable bonds is 6. The van der Waals surface area contributed by atoms with E-state index in [0.29, 0.717) is 12.0 Å². The van der Waals surface area contributed by atoms with Crippen molar-refractivity contribution in [2.75, 3.05) is 33.4 Å². The minimum absolute atomic E-state index is 0.410. The molecule has 1 aliphatic carbocycles. The summed E-state index contributed by atoms with van der Waals surface area (Å²) >= 11 is 0. The Balaban J connectivity index is 2.36. The summed E-state index contributed by atoms with van der Waals surface area (Å²) in [7, 11) is 1.77. The first-order chi connectivity index (χ1) is 7.67. The molecule has 0 aromatic carbocycles. The molecule has 0 spiro atoms. The first-order valence-corrected chi connectivity index (χ1v) is 6.64. The van der Waals surface area contributed by atoms with E-state index in [1.165, 1.54) is 19.3 Å². The van der Waals surface area contributed by atoms with Crippen LogP contribution in [0.1, 0.15) is 33.1 Å². The lowest BCUT2D eigenvalue weighted by molar-refractivity contribution is 0.120. The van der Waals surface area contributed by atoms with E-state index < -0.39 is 0 Å². The van der Waals surface area contributed by atoms with Gasteiger partial charge in [-0.05, 0) is 37.6 Å². The van der Waals surface area contributed by atoms with Crippen LogP contribution >= 0.6 is 0 Å². The van der Waals surface area contributed by atoms with Gasteiger partial charge in [-0.2, -0.15) is 0 Å². The molecule has 0 bridgehead atoms. The Morgan fingerprint density at radius 1 is 1.38 bits per heavy atom. The normalized spacial score (nSPS) is 30.9. The molecule has 0 amide bonds. The number of methoxy groups -OCH3 is 1. The lowest BCUT2D eigenvalue weighted by Crippen LogP contribution is -2.43. The van der Waals surface area contributed by atoms with Crippen LogP contribution in [0.15, 0.2) is 0 Å². The Kier molecular flexibility index (Phi) is 6.32. The highest BCUT2D eigenvalue weighted by Crippen LogP contribution is 2.28. The zero-order chi connectivity index (χ0) is 12.0. The summed E-state index contributed by atoms with van der Waals surface area (Å²) in [5, 5.41) is 0. The first kappa shape index (κ1) is 13.9. The standard InChI is InChI=1S/C13H28N2O/c1-4-15(7-8-16-3)10-12-9-11(2)5-6-13(12)14/h11-13H,4-10,14H2,1-3H3. The summed E-state index contributed by atoms with van der Waals surface area (Å²) in [6, 6.07) is 0.410. The highest BCUT2D eigenvalue weighted by atomic mass is 16.5. The van der Waals surface area contributed by atoms with Crippen molar-refractivity contribution >= 4 is 0 Å². The molecular formula is C13H28N2O. The molecule has 1 fully saturated rings. The van der Waals surface area contributed by atoms with Crippen LogP contribution in [-0.4, -0.2) is 44.3 Å². The molecule has 16 heavy (non-hydrogen) atoms. The quantitative estimate of drug-likeness (QED) is 0.752. The van der Waals surface area contributed by atoms with E-state index >= 15 is 0 Å². The van der Waals surface area contributed by atoms with Gasteiger partial charge in [-0.3, -0.25) is 0 Å². The van der Waals surface area contributed by atoms with Gasteiger partial charge < -0.3 is 15.4 Å². The van der Waals surface area contributed by atoms with Gasteiger partial charge in [0.15, 0.2) is 0 Å². The Hall–Kier alpha value is -0.120. The molecule has 0 heterocycles. The third-order valence-corrected chi connectivity index (χ3v) is 3.85. The van der Waals surface area contributed by atoms with Gasteiger partial charge in [0.25, 0.3) is 0 Å². The molecule has 3 nitrogen and oxygen atoms in total. The maximum atomic E-state index is 6.21. The number of hydrogen-bond acceptors (Lipinski definition) is 3. The molecule has 3 unspecified atom stereocenters. The molecule has 1 saturated carbocycles. The smallest absolute Gasteiger partial charge is 0.0589 e. The highest BCUT2D eigenvalue weighted by Gasteiger charge is 2.27. The van der Waals surface area contributed by atoms with Gasteiger partial charge >= 0.3 is 0 Å². The van der Waals surface area contributed by atoms with Gasteiger partial charge in [0.1, 0.15) is 0 Å². The zero-order valence-electron chi connectivity index (χ0n) is 11.1. The van der Waals surface area contributed by atoms with Crippen LogP contribution in [0, 0.1) is 11.8 Å². The van der Waals surface area contributed by atoms with E-state index in [0.717, 1.165) is 32.2 Å². The Morgan fingerprint density at radius 3 is 2.75 bits per heavy atom. The molecule has 0 aromatic rings. The lowest BCUT2D eigenvalue weighted by Gasteiger charge is -2.35. The molecule has 3 atom stereocenters. The van der Waals surface area contributed by atoms with Gasteiger partial charge in [0, 0.05) is 26.2 Å². The van der Waals surface area contributed by atoms with Crippen molar-refractivity contribution in [1.82, 2.24) is 4.90 Å². The topological polar surface area (TPSA) is 38.5 Å². The molecular weight excluding hydrogens is 200 g/mol. The molecule has 1 aliphatic rings. The first-order valence-electron chi connectivity index (χ1n) is 6.64. The van der Waals surface area contributed by atoms with Crippen LogP contribution in [0.2, 0.25) is 0 Å². The molecule has 0 aliphatic heterocycles. The Bertz CT molecular complexity index is 187. The fourth-order valence-electron chi connectivity index (χ4n) is 2.66. The van der Waals surface area contributed by atoms with Crippen molar-refractivity contribution in [3.63, 3.8) is 0 Å². The largest absolute Gasteiger partial charge is 0.383 e. The average Bonchev–Trinajstić information content (AvgIpc) is 2.28. The van der Waals surface area contributed by atoms with E-state index in [-0.39, 0.29) is 0 Å². The Labute approximate surface area is 100 Å². The van der Waals surface area contributed by atoms with Crippen LogP contribution in [0.5, 0.6) is 0 Å². The minimum Gasteiger partial charge on any atom is -0.383 e. The molecule has 0 aromatic heterocycles. The summed E-state index contributed by atoms with van der Waals surface area (Å²) in [5.74, 6) is 1.53. The molecule has 96 valence electrons. The third-order valence-electron chi connectivity index (χ3n) is 3.85. The van der Waals surface area contributed by atoms with Crippen LogP contribution in [0.3, 0.4) is 0 Å². The zero-order valence-corrected chi connectivity index (χ0v) is 11.1. The number of nitrogens with two attached hydrogens (primary N) is 1. The molecule has 3 heteroatoms. The van der Waals surface area contributed by atoms with Crippen molar-refractivity contribution in [2.45, 2.75) is 39.2 Å². The Morgan fingerprint density at radius 2 is 2.12 bits per heavy atom. The monoisotopic (exact) mass is 228 g/mol. The predicted molar refractivity (Wildman–Crippen MR) is 68.5 cm³/mol. The second-order valence-electron chi connectivity index (χ2n) is 5.23. The van der Waals surface area contributed by atoms with Crippen LogP contribution < -0.4 is 5.73 Å². The van der Waals surface area contributed by atoms with Crippen molar-refractivity contribution < 1.29 is 4.74 Å². The second-order valence-corrected chi connectivity index (χ2v) is 5.23. The van der Waals surface area contributed by atoms with Crippen LogP contribution in [0.4, 0.5) is 0 Å². The number of likely N-dealkylation sites (N-methyl/N-ethyl adjacent to an activating group) is 1. The van der Waals surface area contributed by atoms with Gasteiger partial charge in [-0.25, -0.2) is 0 Å². The molecule has 0 saturated heterocycles. The van der Waals surface area contributed by atoms with E-state index in [1.807, 2.05) is 0 Å². The van der Waals surface area contributed by atoms with Crippen molar-refractivity contribution in [1.29, 1.82) is 0 Å². The SMILES string of the molecule is CCN(CCOC)CC1CC(C)CCC1N. The van der Waals surface area contributed by atoms with E-state index in [1.54, 1.807) is 7.11 Å². The van der Waals surface area contributed by atoms with Gasteiger partial charge in [-0.15, -0.1) is 0 Å². The summed E-state index contributed by atoms with van der Waals surface area (Å²) in [6.07, 6.45) is 3.81. The van der Waals surface area contributed by atoms with Crippen LogP contribution in [-0.2, 0) is 4.74 Å². The summed E-state index contributed by atoms with van der Waals surface area (Å²) in [4.78, 5) is 2.46.